The van der Waals surface area contributed by atoms with Crippen molar-refractivity contribution < 1.29 is 33.7 Å². The van der Waals surface area contributed by atoms with Crippen molar-refractivity contribution >= 4 is 40.7 Å². The van der Waals surface area contributed by atoms with Crippen LogP contribution in [0.15, 0.2) is 83.4 Å². The van der Waals surface area contributed by atoms with Crippen LogP contribution in [0.25, 0.3) is 5.69 Å². The SMILES string of the molecule is Cc1cc(NC(=O)C2=C[C@@H](c3c(C)n(C)n(-c4ccccc4)c3=O)C[C@@H](OCCOCCO)O2)ccc1N1C(=O)c2ccc(Cl)cc2C1=O. The smallest absolute Gasteiger partial charge is 0.290 e. The molecule has 3 heterocycles. The third-order valence-corrected chi connectivity index (χ3v) is 8.80. The van der Waals surface area contributed by atoms with E-state index in [0.29, 0.717) is 33.2 Å². The number of ether oxygens (including phenoxy) is 3. The van der Waals surface area contributed by atoms with Crippen LogP contribution in [0.3, 0.4) is 0 Å². The van der Waals surface area contributed by atoms with Gasteiger partial charge >= 0.3 is 0 Å². The lowest BCUT2D eigenvalue weighted by molar-refractivity contribution is -0.148. The van der Waals surface area contributed by atoms with Crippen molar-refractivity contribution in [3.8, 4) is 5.69 Å². The van der Waals surface area contributed by atoms with Gasteiger partial charge in [-0.3, -0.25) is 23.9 Å². The van der Waals surface area contributed by atoms with Crippen molar-refractivity contribution in [2.24, 2.45) is 7.05 Å². The van der Waals surface area contributed by atoms with Gasteiger partial charge in [0.05, 0.1) is 48.9 Å². The lowest BCUT2D eigenvalue weighted by Gasteiger charge is -2.29. The minimum Gasteiger partial charge on any atom is -0.459 e. The molecule has 0 radical (unpaired) electrons. The third-order valence-electron chi connectivity index (χ3n) is 8.56. The van der Waals surface area contributed by atoms with Gasteiger partial charge in [0.1, 0.15) is 0 Å². The molecule has 13 heteroatoms. The number of fused-ring (bicyclic) bond motifs is 1. The van der Waals surface area contributed by atoms with E-state index in [-0.39, 0.29) is 55.3 Å². The molecule has 2 atom stereocenters. The molecule has 2 N–H and O–H groups in total. The summed E-state index contributed by atoms with van der Waals surface area (Å²) >= 11 is 6.06. The zero-order valence-corrected chi connectivity index (χ0v) is 27.9. The second-order valence-electron chi connectivity index (χ2n) is 11.7. The van der Waals surface area contributed by atoms with Crippen LogP contribution in [0.1, 0.15) is 49.9 Å². The monoisotopic (exact) mass is 686 g/mol. The summed E-state index contributed by atoms with van der Waals surface area (Å²) in [5.74, 6) is -2.07. The molecule has 3 aromatic carbocycles. The van der Waals surface area contributed by atoms with E-state index in [0.717, 1.165) is 10.6 Å². The summed E-state index contributed by atoms with van der Waals surface area (Å²) in [5, 5.41) is 12.2. The fourth-order valence-corrected chi connectivity index (χ4v) is 6.32. The van der Waals surface area contributed by atoms with Gasteiger partial charge in [-0.25, -0.2) is 9.58 Å². The van der Waals surface area contributed by atoms with Crippen molar-refractivity contribution in [3.05, 3.63) is 122 Å². The van der Waals surface area contributed by atoms with Crippen LogP contribution in [-0.2, 0) is 26.1 Å². The highest BCUT2D eigenvalue weighted by Crippen LogP contribution is 2.35. The normalized spacial score (nSPS) is 17.2. The molecule has 6 rings (SSSR count). The average molecular weight is 687 g/mol. The number of hydrogen-bond donors (Lipinski definition) is 2. The van der Waals surface area contributed by atoms with Gasteiger partial charge in [0, 0.05) is 41.4 Å². The first-order valence-electron chi connectivity index (χ1n) is 15.7. The maximum absolute atomic E-state index is 13.9. The van der Waals surface area contributed by atoms with Gasteiger partial charge < -0.3 is 24.6 Å². The maximum atomic E-state index is 13.9. The predicted molar refractivity (Wildman–Crippen MR) is 182 cm³/mol. The van der Waals surface area contributed by atoms with Gasteiger partial charge in [0.15, 0.2) is 5.76 Å². The van der Waals surface area contributed by atoms with Crippen LogP contribution in [0.2, 0.25) is 5.02 Å². The molecule has 2 aliphatic heterocycles. The van der Waals surface area contributed by atoms with Crippen molar-refractivity contribution in [2.45, 2.75) is 32.5 Å². The Morgan fingerprint density at radius 1 is 0.980 bits per heavy atom. The Bertz CT molecular complexity index is 2020. The molecule has 0 saturated carbocycles. The van der Waals surface area contributed by atoms with Crippen LogP contribution >= 0.6 is 11.6 Å². The molecule has 0 unspecified atom stereocenters. The lowest BCUT2D eigenvalue weighted by atomic mass is 9.93. The highest BCUT2D eigenvalue weighted by Gasteiger charge is 2.38. The first-order chi connectivity index (χ1) is 23.6. The summed E-state index contributed by atoms with van der Waals surface area (Å²) in [6, 6.07) is 18.7. The standard InChI is InChI=1S/C36H35ClN4O8/c1-21-17-25(10-12-29(21)40-34(44)27-11-9-24(37)20-28(27)35(40)45)38-33(43)30-18-23(19-31(49-30)48-16-15-47-14-13-42)32-22(2)39(3)41(36(32)46)26-7-5-4-6-8-26/h4-12,17-18,20,23,31,42H,13-16,19H2,1-3H3,(H,38,43)/t23-,31+/m1/s1. The first kappa shape index (κ1) is 33.9. The number of carbonyl (C=O) groups excluding carboxylic acids is 3. The number of aliphatic hydroxyl groups excluding tert-OH is 1. The Labute approximate surface area is 287 Å². The van der Waals surface area contributed by atoms with Gasteiger partial charge in [0.2, 0.25) is 6.29 Å². The predicted octanol–water partition coefficient (Wildman–Crippen LogP) is 4.62. The topological polar surface area (TPSA) is 141 Å². The fraction of sp³-hybridized carbons (Fsp3) is 0.278. The fourth-order valence-electron chi connectivity index (χ4n) is 6.15. The van der Waals surface area contributed by atoms with Crippen LogP contribution in [0.5, 0.6) is 0 Å². The van der Waals surface area contributed by atoms with E-state index in [4.69, 9.17) is 30.9 Å². The number of aryl methyl sites for hydroxylation is 1. The second-order valence-corrected chi connectivity index (χ2v) is 12.1. The molecule has 0 saturated heterocycles. The van der Waals surface area contributed by atoms with E-state index >= 15 is 0 Å². The average Bonchev–Trinajstić information content (AvgIpc) is 3.46. The molecule has 0 fully saturated rings. The number of nitrogens with one attached hydrogen (secondary N) is 1. The zero-order chi connectivity index (χ0) is 34.8. The number of anilines is 2. The van der Waals surface area contributed by atoms with Gasteiger partial charge in [-0.2, -0.15) is 0 Å². The Morgan fingerprint density at radius 2 is 1.73 bits per heavy atom. The molecule has 3 amide bonds. The second kappa shape index (κ2) is 14.2. The number of allylic oxidation sites excluding steroid dienone is 1. The number of imide groups is 1. The zero-order valence-electron chi connectivity index (χ0n) is 27.1. The molecule has 1 aromatic heterocycles. The third kappa shape index (κ3) is 6.68. The van der Waals surface area contributed by atoms with E-state index in [9.17, 15) is 19.2 Å². The summed E-state index contributed by atoms with van der Waals surface area (Å²) < 4.78 is 20.6. The highest BCUT2D eigenvalue weighted by atomic mass is 35.5. The number of aliphatic hydroxyl groups is 1. The summed E-state index contributed by atoms with van der Waals surface area (Å²) in [6.45, 7) is 3.96. The van der Waals surface area contributed by atoms with Gasteiger partial charge in [-0.15, -0.1) is 0 Å². The largest absolute Gasteiger partial charge is 0.459 e. The molecule has 2 aliphatic rings. The van der Waals surface area contributed by atoms with Gasteiger partial charge in [-0.1, -0.05) is 29.8 Å². The molecule has 0 aliphatic carbocycles. The molecule has 254 valence electrons. The first-order valence-corrected chi connectivity index (χ1v) is 16.1. The number of para-hydroxylation sites is 1. The lowest BCUT2D eigenvalue weighted by Crippen LogP contribution is -2.32. The molecular weight excluding hydrogens is 652 g/mol. The quantitative estimate of drug-likeness (QED) is 0.172. The van der Waals surface area contributed by atoms with E-state index in [2.05, 4.69) is 5.32 Å². The summed E-state index contributed by atoms with van der Waals surface area (Å²) in [7, 11) is 1.81. The van der Waals surface area contributed by atoms with Gasteiger partial charge in [0.25, 0.3) is 23.3 Å². The van der Waals surface area contributed by atoms with Crippen molar-refractivity contribution in [1.82, 2.24) is 9.36 Å². The number of carbonyl (C=O) groups is 3. The number of amides is 3. The summed E-state index contributed by atoms with van der Waals surface area (Å²) in [5.41, 5.74) is 3.55. The molecule has 12 nitrogen and oxygen atoms in total. The van der Waals surface area contributed by atoms with Crippen molar-refractivity contribution in [2.75, 3.05) is 36.6 Å². The van der Waals surface area contributed by atoms with Crippen molar-refractivity contribution in [1.29, 1.82) is 0 Å². The Morgan fingerprint density at radius 3 is 2.47 bits per heavy atom. The highest BCUT2D eigenvalue weighted by molar-refractivity contribution is 6.37. The van der Waals surface area contributed by atoms with E-state index < -0.39 is 29.9 Å². The number of benzene rings is 3. The van der Waals surface area contributed by atoms with E-state index in [1.807, 2.05) is 37.3 Å². The van der Waals surface area contributed by atoms with Crippen molar-refractivity contribution in [3.63, 3.8) is 0 Å². The van der Waals surface area contributed by atoms with E-state index in [1.54, 1.807) is 53.7 Å². The number of nitrogens with zero attached hydrogens (tertiary/aromatic N) is 3. The summed E-state index contributed by atoms with van der Waals surface area (Å²) in [4.78, 5) is 54.9. The Balaban J connectivity index is 1.26. The number of halogens is 1. The number of hydrogen-bond acceptors (Lipinski definition) is 8. The maximum Gasteiger partial charge on any atom is 0.290 e. The molecule has 4 aromatic rings. The van der Waals surface area contributed by atoms with E-state index in [1.165, 1.54) is 12.1 Å². The molecule has 49 heavy (non-hydrogen) atoms. The summed E-state index contributed by atoms with van der Waals surface area (Å²) in [6.07, 6.45) is 1.02. The minimum atomic E-state index is -0.871. The Kier molecular flexibility index (Phi) is 9.84. The van der Waals surface area contributed by atoms with Crippen LogP contribution in [0.4, 0.5) is 11.4 Å². The van der Waals surface area contributed by atoms with Crippen LogP contribution in [-0.4, -0.2) is 64.9 Å². The molecule has 0 spiro atoms. The van der Waals surface area contributed by atoms with Crippen LogP contribution in [0, 0.1) is 13.8 Å². The van der Waals surface area contributed by atoms with Gasteiger partial charge in [-0.05, 0) is 74.0 Å². The molecule has 0 bridgehead atoms. The number of rotatable bonds is 11. The number of aromatic nitrogens is 2. The van der Waals surface area contributed by atoms with Crippen LogP contribution < -0.4 is 15.8 Å². The molecular formula is C36H35ClN4O8. The minimum absolute atomic E-state index is 0.0367. The Hall–Kier alpha value is -5.01.